The summed E-state index contributed by atoms with van der Waals surface area (Å²) in [6.07, 6.45) is 0. The van der Waals surface area contributed by atoms with Gasteiger partial charge in [-0.05, 0) is 22.6 Å². The Morgan fingerprint density at radius 3 is 2.18 bits per heavy atom. The van der Waals surface area contributed by atoms with E-state index in [0.29, 0.717) is 27.8 Å². The molecule has 5 heteroatoms. The van der Waals surface area contributed by atoms with Gasteiger partial charge < -0.3 is 5.73 Å². The molecule has 28 heavy (non-hydrogen) atoms. The summed E-state index contributed by atoms with van der Waals surface area (Å²) in [5.41, 5.74) is 10.4. The Morgan fingerprint density at radius 2 is 1.61 bits per heavy atom. The number of nitrogen functional groups attached to an aromatic ring is 1. The number of rotatable bonds is 5. The van der Waals surface area contributed by atoms with Crippen molar-refractivity contribution in [1.29, 1.82) is 10.5 Å². The van der Waals surface area contributed by atoms with Gasteiger partial charge in [-0.3, -0.25) is 0 Å². The van der Waals surface area contributed by atoms with Gasteiger partial charge >= 0.3 is 0 Å². The molecule has 0 aliphatic rings. The summed E-state index contributed by atoms with van der Waals surface area (Å²) in [7, 11) is 0. The molecule has 0 aliphatic heterocycles. The van der Waals surface area contributed by atoms with Gasteiger partial charge in [0.15, 0.2) is 0 Å². The highest BCUT2D eigenvalue weighted by molar-refractivity contribution is 7.98. The second kappa shape index (κ2) is 8.61. The zero-order chi connectivity index (χ0) is 20.1. The Kier molecular flexibility index (Phi) is 5.99. The lowest BCUT2D eigenvalue weighted by molar-refractivity contribution is 0.867. The molecule has 0 fully saturated rings. The average molecular weight is 385 g/mol. The van der Waals surface area contributed by atoms with Crippen LogP contribution in [0.4, 0.5) is 5.82 Å². The second-order valence-corrected chi connectivity index (χ2v) is 7.67. The first-order valence-electron chi connectivity index (χ1n) is 8.95. The number of pyridine rings is 1. The first-order valence-corrected chi connectivity index (χ1v) is 9.94. The third kappa shape index (κ3) is 4.01. The zero-order valence-electron chi connectivity index (χ0n) is 15.8. The number of nitrogens with zero attached hydrogens (tertiary/aromatic N) is 3. The summed E-state index contributed by atoms with van der Waals surface area (Å²) >= 11 is 1.45. The number of benzene rings is 2. The minimum Gasteiger partial charge on any atom is -0.383 e. The van der Waals surface area contributed by atoms with Gasteiger partial charge in [0.2, 0.25) is 0 Å². The molecule has 3 aromatic rings. The average Bonchev–Trinajstić information content (AvgIpc) is 2.72. The molecule has 3 rings (SSSR count). The number of hydrogen-bond donors (Lipinski definition) is 1. The number of anilines is 1. The molecule has 0 bridgehead atoms. The molecule has 0 atom stereocenters. The Morgan fingerprint density at radius 1 is 0.964 bits per heavy atom. The normalized spacial score (nSPS) is 10.5. The lowest BCUT2D eigenvalue weighted by atomic mass is 9.94. The van der Waals surface area contributed by atoms with Gasteiger partial charge in [0.1, 0.15) is 28.5 Å². The molecule has 0 unspecified atom stereocenters. The van der Waals surface area contributed by atoms with Crippen LogP contribution in [0.5, 0.6) is 0 Å². The van der Waals surface area contributed by atoms with Crippen molar-refractivity contribution in [2.24, 2.45) is 0 Å². The van der Waals surface area contributed by atoms with E-state index in [9.17, 15) is 10.5 Å². The minimum absolute atomic E-state index is 0.153. The number of hydrogen-bond acceptors (Lipinski definition) is 5. The molecule has 0 radical (unpaired) electrons. The predicted molar refractivity (Wildman–Crippen MR) is 114 cm³/mol. The zero-order valence-corrected chi connectivity index (χ0v) is 16.6. The van der Waals surface area contributed by atoms with Crippen LogP contribution in [0.15, 0.2) is 59.6 Å². The van der Waals surface area contributed by atoms with Gasteiger partial charge in [0.05, 0.1) is 5.56 Å². The van der Waals surface area contributed by atoms with E-state index in [1.54, 1.807) is 0 Å². The van der Waals surface area contributed by atoms with E-state index < -0.39 is 0 Å². The van der Waals surface area contributed by atoms with Crippen LogP contribution in [0.3, 0.4) is 0 Å². The van der Waals surface area contributed by atoms with Gasteiger partial charge in [0.25, 0.3) is 0 Å². The van der Waals surface area contributed by atoms with Crippen molar-refractivity contribution >= 4 is 17.6 Å². The maximum absolute atomic E-state index is 9.86. The van der Waals surface area contributed by atoms with Crippen molar-refractivity contribution < 1.29 is 0 Å². The highest BCUT2D eigenvalue weighted by Crippen LogP contribution is 2.37. The molecule has 2 aromatic carbocycles. The summed E-state index contributed by atoms with van der Waals surface area (Å²) in [5, 5.41) is 20.0. The van der Waals surface area contributed by atoms with Gasteiger partial charge in [-0.1, -0.05) is 68.4 Å². The van der Waals surface area contributed by atoms with Crippen LogP contribution in [0, 0.1) is 22.7 Å². The van der Waals surface area contributed by atoms with Gasteiger partial charge in [-0.2, -0.15) is 10.5 Å². The molecule has 0 spiro atoms. The lowest BCUT2D eigenvalue weighted by Gasteiger charge is -2.14. The molecule has 1 aromatic heterocycles. The van der Waals surface area contributed by atoms with Gasteiger partial charge in [-0.25, -0.2) is 4.98 Å². The molecule has 1 heterocycles. The number of nitrogens with two attached hydrogens (primary N) is 1. The quantitative estimate of drug-likeness (QED) is 0.588. The minimum atomic E-state index is 0.153. The maximum Gasteiger partial charge on any atom is 0.143 e. The molecule has 4 nitrogen and oxygen atoms in total. The molecule has 0 amide bonds. The highest BCUT2D eigenvalue weighted by Gasteiger charge is 2.20. The number of nitriles is 2. The fraction of sp³-hybridized carbons (Fsp3) is 0.174. The van der Waals surface area contributed by atoms with Crippen LogP contribution >= 0.6 is 11.8 Å². The number of aromatic nitrogens is 1. The van der Waals surface area contributed by atoms with Crippen molar-refractivity contribution in [3.05, 3.63) is 76.9 Å². The van der Waals surface area contributed by atoms with Crippen LogP contribution in [0.1, 0.15) is 42.0 Å². The fourth-order valence-electron chi connectivity index (χ4n) is 2.95. The van der Waals surface area contributed by atoms with Crippen LogP contribution in [0.25, 0.3) is 11.1 Å². The standard InChI is InChI=1S/C23H20N4S/c1-15(2)17-8-10-18(11-9-17)21-19(12-24)22(26)27-23(20(21)13-25)28-14-16-6-4-3-5-7-16/h3-11,15H,14H2,1-2H3,(H2,26,27). The Hall–Kier alpha value is -3.28. The van der Waals surface area contributed by atoms with Crippen LogP contribution in [-0.2, 0) is 5.75 Å². The van der Waals surface area contributed by atoms with E-state index in [-0.39, 0.29) is 11.4 Å². The molecule has 138 valence electrons. The van der Waals surface area contributed by atoms with Gasteiger partial charge in [0, 0.05) is 11.3 Å². The monoisotopic (exact) mass is 384 g/mol. The Labute approximate surface area is 169 Å². The number of thioether (sulfide) groups is 1. The lowest BCUT2D eigenvalue weighted by Crippen LogP contribution is -2.03. The molecular formula is C23H20N4S. The third-order valence-electron chi connectivity index (χ3n) is 4.50. The van der Waals surface area contributed by atoms with E-state index >= 15 is 0 Å². The summed E-state index contributed by atoms with van der Waals surface area (Å²) in [5.74, 6) is 1.22. The van der Waals surface area contributed by atoms with Crippen molar-refractivity contribution in [3.63, 3.8) is 0 Å². The van der Waals surface area contributed by atoms with Gasteiger partial charge in [-0.15, -0.1) is 11.8 Å². The maximum atomic E-state index is 9.86. The Bertz CT molecular complexity index is 1060. The summed E-state index contributed by atoms with van der Waals surface area (Å²) in [6, 6.07) is 22.3. The largest absolute Gasteiger partial charge is 0.383 e. The van der Waals surface area contributed by atoms with Crippen molar-refractivity contribution in [1.82, 2.24) is 4.98 Å². The SMILES string of the molecule is CC(C)c1ccc(-c2c(C#N)c(N)nc(SCc3ccccc3)c2C#N)cc1. The van der Waals surface area contributed by atoms with E-state index in [0.717, 1.165) is 11.1 Å². The Balaban J connectivity index is 2.08. The molecule has 2 N–H and O–H groups in total. The smallest absolute Gasteiger partial charge is 0.143 e. The predicted octanol–water partition coefficient (Wildman–Crippen LogP) is 5.49. The van der Waals surface area contributed by atoms with E-state index in [2.05, 4.69) is 31.0 Å². The van der Waals surface area contributed by atoms with Crippen LogP contribution in [0.2, 0.25) is 0 Å². The van der Waals surface area contributed by atoms with E-state index in [4.69, 9.17) is 5.73 Å². The summed E-state index contributed by atoms with van der Waals surface area (Å²) < 4.78 is 0. The fourth-order valence-corrected chi connectivity index (χ4v) is 3.90. The third-order valence-corrected chi connectivity index (χ3v) is 5.55. The van der Waals surface area contributed by atoms with Crippen molar-refractivity contribution in [3.8, 4) is 23.3 Å². The second-order valence-electron chi connectivity index (χ2n) is 6.70. The highest BCUT2D eigenvalue weighted by atomic mass is 32.2. The van der Waals surface area contributed by atoms with Crippen LogP contribution in [-0.4, -0.2) is 4.98 Å². The molecule has 0 saturated heterocycles. The summed E-state index contributed by atoms with van der Waals surface area (Å²) in [6.45, 7) is 4.25. The molecular weight excluding hydrogens is 364 g/mol. The first kappa shape index (κ1) is 19.5. The van der Waals surface area contributed by atoms with Crippen LogP contribution < -0.4 is 5.73 Å². The first-order chi connectivity index (χ1) is 13.5. The molecule has 0 saturated carbocycles. The van der Waals surface area contributed by atoms with Crippen molar-refractivity contribution in [2.75, 3.05) is 5.73 Å². The summed E-state index contributed by atoms with van der Waals surface area (Å²) in [4.78, 5) is 4.36. The van der Waals surface area contributed by atoms with E-state index in [1.807, 2.05) is 54.6 Å². The topological polar surface area (TPSA) is 86.5 Å². The van der Waals surface area contributed by atoms with Crippen molar-refractivity contribution in [2.45, 2.75) is 30.5 Å². The van der Waals surface area contributed by atoms with E-state index in [1.165, 1.54) is 17.3 Å². The molecule has 0 aliphatic carbocycles.